The number of pyridine rings is 2. The van der Waals surface area contributed by atoms with E-state index in [4.69, 9.17) is 14.2 Å². The van der Waals surface area contributed by atoms with Crippen LogP contribution in [0.5, 0.6) is 5.88 Å². The van der Waals surface area contributed by atoms with Gasteiger partial charge in [-0.2, -0.15) is 4.98 Å². The second-order valence-corrected chi connectivity index (χ2v) is 5.34. The van der Waals surface area contributed by atoms with Gasteiger partial charge in [0.15, 0.2) is 0 Å². The van der Waals surface area contributed by atoms with E-state index in [1.165, 1.54) is 0 Å². The van der Waals surface area contributed by atoms with Gasteiger partial charge in [-0.1, -0.05) is 0 Å². The molecule has 0 bridgehead atoms. The summed E-state index contributed by atoms with van der Waals surface area (Å²) in [7, 11) is 0. The van der Waals surface area contributed by atoms with Crippen LogP contribution < -0.4 is 4.74 Å². The maximum atomic E-state index is 11.8. The van der Waals surface area contributed by atoms with Crippen LogP contribution >= 0.6 is 0 Å². The molecule has 0 atom stereocenters. The molecule has 3 rings (SSSR count). The fraction of sp³-hybridized carbons (Fsp3) is 0.412. The number of H-pyrrole nitrogens is 1. The lowest BCUT2D eigenvalue weighted by Gasteiger charge is -2.06. The maximum Gasteiger partial charge on any atom is 0.215 e. The van der Waals surface area contributed by atoms with Gasteiger partial charge in [0, 0.05) is 17.6 Å². The Bertz CT molecular complexity index is 806. The lowest BCUT2D eigenvalue weighted by atomic mass is 10.2. The molecule has 0 aliphatic heterocycles. The molecule has 0 aliphatic carbocycles. The zero-order valence-electron chi connectivity index (χ0n) is 13.5. The van der Waals surface area contributed by atoms with Crippen molar-refractivity contribution in [3.05, 3.63) is 30.0 Å². The highest BCUT2D eigenvalue weighted by atomic mass is 19.1. The van der Waals surface area contributed by atoms with Crippen molar-refractivity contribution in [2.75, 3.05) is 39.7 Å². The van der Waals surface area contributed by atoms with Crippen molar-refractivity contribution >= 4 is 22.1 Å². The van der Waals surface area contributed by atoms with Crippen molar-refractivity contribution in [2.24, 2.45) is 0 Å². The number of rotatable bonds is 9. The largest absolute Gasteiger partial charge is 0.475 e. The van der Waals surface area contributed by atoms with Crippen LogP contribution in [0, 0.1) is 6.92 Å². The Balaban J connectivity index is 1.53. The summed E-state index contributed by atoms with van der Waals surface area (Å²) in [6.07, 6.45) is 1.84. The monoisotopic (exact) mass is 333 g/mol. The predicted molar refractivity (Wildman–Crippen MR) is 89.2 cm³/mol. The zero-order chi connectivity index (χ0) is 16.8. The van der Waals surface area contributed by atoms with Gasteiger partial charge in [-0.05, 0) is 24.6 Å². The van der Waals surface area contributed by atoms with Crippen LogP contribution in [0.1, 0.15) is 5.56 Å². The van der Waals surface area contributed by atoms with Crippen LogP contribution in [0.15, 0.2) is 24.4 Å². The molecule has 128 valence electrons. The Kier molecular flexibility index (Phi) is 5.55. The fourth-order valence-electron chi connectivity index (χ4n) is 2.40. The highest BCUT2D eigenvalue weighted by Crippen LogP contribution is 2.24. The number of nitrogens with one attached hydrogen (secondary N) is 1. The summed E-state index contributed by atoms with van der Waals surface area (Å²) in [6.45, 7) is 3.26. The van der Waals surface area contributed by atoms with E-state index in [1.807, 2.05) is 31.3 Å². The van der Waals surface area contributed by atoms with Gasteiger partial charge in [-0.15, -0.1) is 0 Å². The van der Waals surface area contributed by atoms with Crippen molar-refractivity contribution in [3.63, 3.8) is 0 Å². The van der Waals surface area contributed by atoms with E-state index in [0.717, 1.165) is 27.6 Å². The minimum atomic E-state index is -0.472. The first-order valence-electron chi connectivity index (χ1n) is 7.87. The molecule has 6 nitrogen and oxygen atoms in total. The first kappa shape index (κ1) is 16.6. The molecule has 0 saturated heterocycles. The Morgan fingerprint density at radius 3 is 2.71 bits per heavy atom. The van der Waals surface area contributed by atoms with Gasteiger partial charge in [-0.25, -0.2) is 4.39 Å². The summed E-state index contributed by atoms with van der Waals surface area (Å²) in [4.78, 5) is 12.2. The number of nitrogens with zero attached hydrogens (tertiary/aromatic N) is 2. The molecule has 0 aliphatic rings. The van der Waals surface area contributed by atoms with E-state index in [0.29, 0.717) is 32.3 Å². The molecule has 3 aromatic rings. The third-order valence-electron chi connectivity index (χ3n) is 3.47. The van der Waals surface area contributed by atoms with E-state index in [2.05, 4.69) is 15.0 Å². The minimum absolute atomic E-state index is 0.114. The quantitative estimate of drug-likeness (QED) is 0.610. The smallest absolute Gasteiger partial charge is 0.215 e. The van der Waals surface area contributed by atoms with Gasteiger partial charge in [0.1, 0.15) is 18.9 Å². The van der Waals surface area contributed by atoms with E-state index < -0.39 is 6.67 Å². The average molecular weight is 333 g/mol. The molecule has 0 saturated carbocycles. The first-order valence-corrected chi connectivity index (χ1v) is 7.87. The zero-order valence-corrected chi connectivity index (χ0v) is 13.5. The molecule has 0 radical (unpaired) electrons. The van der Waals surface area contributed by atoms with Gasteiger partial charge in [0.2, 0.25) is 5.88 Å². The van der Waals surface area contributed by atoms with E-state index in [1.54, 1.807) is 0 Å². The summed E-state index contributed by atoms with van der Waals surface area (Å²) in [5.41, 5.74) is 3.72. The molecule has 0 unspecified atom stereocenters. The van der Waals surface area contributed by atoms with Crippen LogP contribution in [0.3, 0.4) is 0 Å². The molecule has 0 spiro atoms. The van der Waals surface area contributed by atoms with E-state index in [-0.39, 0.29) is 6.61 Å². The predicted octanol–water partition coefficient (Wildman–Crippen LogP) is 2.80. The molecule has 7 heteroatoms. The number of alkyl halides is 1. The number of aromatic nitrogens is 3. The van der Waals surface area contributed by atoms with Gasteiger partial charge in [0.05, 0.1) is 37.5 Å². The van der Waals surface area contributed by atoms with E-state index >= 15 is 0 Å². The van der Waals surface area contributed by atoms with Gasteiger partial charge < -0.3 is 19.2 Å². The first-order chi connectivity index (χ1) is 11.8. The van der Waals surface area contributed by atoms with Crippen LogP contribution in [0.2, 0.25) is 0 Å². The normalized spacial score (nSPS) is 11.4. The van der Waals surface area contributed by atoms with Gasteiger partial charge in [0.25, 0.3) is 0 Å². The molecule has 0 aromatic carbocycles. The third kappa shape index (κ3) is 3.98. The summed E-state index contributed by atoms with van der Waals surface area (Å²) < 4.78 is 27.7. The number of halogens is 1. The molecule has 24 heavy (non-hydrogen) atoms. The van der Waals surface area contributed by atoms with Crippen molar-refractivity contribution in [3.8, 4) is 5.88 Å². The third-order valence-corrected chi connectivity index (χ3v) is 3.47. The van der Waals surface area contributed by atoms with Crippen LogP contribution in [-0.2, 0) is 9.47 Å². The Morgan fingerprint density at radius 1 is 1.08 bits per heavy atom. The van der Waals surface area contributed by atoms with Crippen molar-refractivity contribution in [1.82, 2.24) is 15.0 Å². The Hall–Kier alpha value is -2.25. The molecular formula is C17H20FN3O3. The Labute approximate surface area is 139 Å². The Morgan fingerprint density at radius 2 is 1.88 bits per heavy atom. The summed E-state index contributed by atoms with van der Waals surface area (Å²) in [6, 6.07) is 5.81. The average Bonchev–Trinajstić information content (AvgIpc) is 2.93. The van der Waals surface area contributed by atoms with E-state index in [9.17, 15) is 4.39 Å². The number of hydrogen-bond donors (Lipinski definition) is 1. The van der Waals surface area contributed by atoms with Gasteiger partial charge in [-0.3, -0.25) is 4.98 Å². The molecule has 0 amide bonds. The summed E-state index contributed by atoms with van der Waals surface area (Å²) in [5, 5.41) is 0.971. The second-order valence-electron chi connectivity index (χ2n) is 5.34. The molecule has 1 N–H and O–H groups in total. The summed E-state index contributed by atoms with van der Waals surface area (Å²) in [5.74, 6) is 0.531. The number of fused-ring (bicyclic) bond motifs is 3. The topological polar surface area (TPSA) is 69.3 Å². The standard InChI is InChI=1S/C17H20FN3O3/c1-12-10-14-16(19-11-12)13-2-3-15(21-17(13)20-14)24-9-8-23-7-6-22-5-4-18/h2-3,10-11H,4-9H2,1H3,(H,20,21). The highest BCUT2D eigenvalue weighted by Gasteiger charge is 2.08. The summed E-state index contributed by atoms with van der Waals surface area (Å²) >= 11 is 0. The highest BCUT2D eigenvalue weighted by molar-refractivity contribution is 6.03. The van der Waals surface area contributed by atoms with Crippen molar-refractivity contribution < 1.29 is 18.6 Å². The fourth-order valence-corrected chi connectivity index (χ4v) is 2.40. The SMILES string of the molecule is Cc1cnc2c(c1)[nH]c1nc(OCCOCCOCCF)ccc12. The second kappa shape index (κ2) is 8.03. The van der Waals surface area contributed by atoms with Crippen LogP contribution in [-0.4, -0.2) is 54.7 Å². The molecule has 0 fully saturated rings. The number of hydrogen-bond acceptors (Lipinski definition) is 5. The molecule has 3 aromatic heterocycles. The molecule has 3 heterocycles. The van der Waals surface area contributed by atoms with Crippen molar-refractivity contribution in [1.29, 1.82) is 0 Å². The lowest BCUT2D eigenvalue weighted by Crippen LogP contribution is -2.11. The van der Waals surface area contributed by atoms with Gasteiger partial charge >= 0.3 is 0 Å². The maximum absolute atomic E-state index is 11.8. The van der Waals surface area contributed by atoms with Crippen molar-refractivity contribution in [2.45, 2.75) is 6.92 Å². The number of aromatic amines is 1. The number of aryl methyl sites for hydroxylation is 1. The molecular weight excluding hydrogens is 313 g/mol. The lowest BCUT2D eigenvalue weighted by molar-refractivity contribution is 0.0321. The van der Waals surface area contributed by atoms with Crippen LogP contribution in [0.4, 0.5) is 4.39 Å². The van der Waals surface area contributed by atoms with Crippen LogP contribution in [0.25, 0.3) is 22.1 Å². The minimum Gasteiger partial charge on any atom is -0.475 e. The number of ether oxygens (including phenoxy) is 3.